The van der Waals surface area contributed by atoms with Crippen molar-refractivity contribution in [2.24, 2.45) is 5.92 Å². The summed E-state index contributed by atoms with van der Waals surface area (Å²) < 4.78 is 0. The van der Waals surface area contributed by atoms with Crippen LogP contribution in [0.4, 0.5) is 5.82 Å². The molecule has 0 bridgehead atoms. The van der Waals surface area contributed by atoms with Gasteiger partial charge in [-0.15, -0.1) is 0 Å². The van der Waals surface area contributed by atoms with E-state index < -0.39 is 0 Å². The predicted octanol–water partition coefficient (Wildman–Crippen LogP) is 4.18. The molecule has 0 aliphatic carbocycles. The third-order valence-electron chi connectivity index (χ3n) is 4.17. The molecule has 1 aromatic rings. The molecule has 0 spiro atoms. The molecule has 1 aliphatic rings. The minimum absolute atomic E-state index is 0.781. The summed E-state index contributed by atoms with van der Waals surface area (Å²) in [5.74, 6) is 1.82. The average Bonchev–Trinajstić information content (AvgIpc) is 2.68. The van der Waals surface area contributed by atoms with Gasteiger partial charge in [0, 0.05) is 13.1 Å². The molecule has 1 unspecified atom stereocenters. The molecule has 3 nitrogen and oxygen atoms in total. The molecule has 4 heteroatoms. The van der Waals surface area contributed by atoms with Gasteiger partial charge < -0.3 is 5.32 Å². The van der Waals surface area contributed by atoms with E-state index in [9.17, 15) is 0 Å². The second kappa shape index (κ2) is 7.84. The van der Waals surface area contributed by atoms with Gasteiger partial charge >= 0.3 is 0 Å². The number of nitrogens with one attached hydrogen (secondary N) is 1. The van der Waals surface area contributed by atoms with E-state index in [-0.39, 0.29) is 0 Å². The van der Waals surface area contributed by atoms with E-state index in [4.69, 9.17) is 11.6 Å². The van der Waals surface area contributed by atoms with Crippen molar-refractivity contribution in [2.45, 2.75) is 46.1 Å². The third kappa shape index (κ3) is 4.35. The Labute approximate surface area is 127 Å². The molecule has 1 aromatic heterocycles. The van der Waals surface area contributed by atoms with Gasteiger partial charge in [0.2, 0.25) is 0 Å². The van der Waals surface area contributed by atoms with E-state index in [1.54, 1.807) is 0 Å². The molecule has 112 valence electrons. The van der Waals surface area contributed by atoms with Gasteiger partial charge in [-0.25, -0.2) is 4.98 Å². The Morgan fingerprint density at radius 2 is 2.15 bits per heavy atom. The SMILES string of the molecule is CCNc1ccc(Cl)c(CN2CCCC(CC)CC2)n1. The topological polar surface area (TPSA) is 28.2 Å². The third-order valence-corrected chi connectivity index (χ3v) is 4.51. The Morgan fingerprint density at radius 1 is 1.30 bits per heavy atom. The van der Waals surface area contributed by atoms with Crippen LogP contribution in [0.3, 0.4) is 0 Å². The van der Waals surface area contributed by atoms with E-state index in [0.29, 0.717) is 0 Å². The van der Waals surface area contributed by atoms with Crippen molar-refractivity contribution in [1.29, 1.82) is 0 Å². The lowest BCUT2D eigenvalue weighted by molar-refractivity contribution is 0.269. The lowest BCUT2D eigenvalue weighted by atomic mass is 9.98. The zero-order valence-corrected chi connectivity index (χ0v) is 13.4. The first-order valence-corrected chi connectivity index (χ1v) is 8.22. The predicted molar refractivity (Wildman–Crippen MR) is 86.3 cm³/mol. The van der Waals surface area contributed by atoms with Gasteiger partial charge in [0.1, 0.15) is 5.82 Å². The summed E-state index contributed by atoms with van der Waals surface area (Å²) >= 11 is 6.30. The molecule has 2 heterocycles. The minimum Gasteiger partial charge on any atom is -0.370 e. The van der Waals surface area contributed by atoms with Crippen LogP contribution in [0.5, 0.6) is 0 Å². The zero-order valence-electron chi connectivity index (χ0n) is 12.7. The van der Waals surface area contributed by atoms with Crippen molar-refractivity contribution in [2.75, 3.05) is 25.0 Å². The molecule has 20 heavy (non-hydrogen) atoms. The van der Waals surface area contributed by atoms with Crippen LogP contribution < -0.4 is 5.32 Å². The average molecular weight is 296 g/mol. The van der Waals surface area contributed by atoms with Crippen LogP contribution in [-0.4, -0.2) is 29.5 Å². The fourth-order valence-electron chi connectivity index (χ4n) is 2.88. The molecule has 0 saturated carbocycles. The number of halogens is 1. The Morgan fingerprint density at radius 3 is 2.90 bits per heavy atom. The largest absolute Gasteiger partial charge is 0.370 e. The van der Waals surface area contributed by atoms with E-state index in [1.807, 2.05) is 12.1 Å². The first-order chi connectivity index (χ1) is 9.72. The van der Waals surface area contributed by atoms with Crippen LogP contribution in [-0.2, 0) is 6.54 Å². The standard InChI is InChI=1S/C16H26ClN3/c1-3-13-6-5-10-20(11-9-13)12-15-14(17)7-8-16(19-15)18-4-2/h7-8,13H,3-6,9-12H2,1-2H3,(H,18,19). The number of likely N-dealkylation sites (tertiary alicyclic amines) is 1. The van der Waals surface area contributed by atoms with Crippen LogP contribution in [0.2, 0.25) is 5.02 Å². The van der Waals surface area contributed by atoms with Gasteiger partial charge in [-0.2, -0.15) is 0 Å². The molecule has 0 aromatic carbocycles. The van der Waals surface area contributed by atoms with Crippen LogP contribution in [0, 0.1) is 5.92 Å². The van der Waals surface area contributed by atoms with Crippen LogP contribution in [0.25, 0.3) is 0 Å². The smallest absolute Gasteiger partial charge is 0.126 e. The maximum absolute atomic E-state index is 6.30. The van der Waals surface area contributed by atoms with Crippen molar-refractivity contribution in [3.8, 4) is 0 Å². The van der Waals surface area contributed by atoms with E-state index in [1.165, 1.54) is 38.8 Å². The second-order valence-corrected chi connectivity index (χ2v) is 6.04. The van der Waals surface area contributed by atoms with Crippen LogP contribution >= 0.6 is 11.6 Å². The molecule has 2 rings (SSSR count). The Kier molecular flexibility index (Phi) is 6.11. The summed E-state index contributed by atoms with van der Waals surface area (Å²) in [6.45, 7) is 8.47. The highest BCUT2D eigenvalue weighted by atomic mass is 35.5. The minimum atomic E-state index is 0.781. The van der Waals surface area contributed by atoms with Gasteiger partial charge in [0.15, 0.2) is 0 Å². The van der Waals surface area contributed by atoms with Gasteiger partial charge in [0.25, 0.3) is 0 Å². The first-order valence-electron chi connectivity index (χ1n) is 7.84. The maximum atomic E-state index is 6.30. The second-order valence-electron chi connectivity index (χ2n) is 5.64. The molecule has 0 radical (unpaired) electrons. The number of rotatable bonds is 5. The van der Waals surface area contributed by atoms with Crippen LogP contribution in [0.1, 0.15) is 45.2 Å². The number of hydrogen-bond acceptors (Lipinski definition) is 3. The number of anilines is 1. The number of aromatic nitrogens is 1. The van der Waals surface area contributed by atoms with Crippen LogP contribution in [0.15, 0.2) is 12.1 Å². The van der Waals surface area contributed by atoms with Crippen molar-refractivity contribution in [3.63, 3.8) is 0 Å². The zero-order chi connectivity index (χ0) is 14.4. The fourth-order valence-corrected chi connectivity index (χ4v) is 3.04. The number of pyridine rings is 1. The molecule has 1 atom stereocenters. The first kappa shape index (κ1) is 15.6. The molecule has 1 fully saturated rings. The highest BCUT2D eigenvalue weighted by molar-refractivity contribution is 6.31. The van der Waals surface area contributed by atoms with Crippen molar-refractivity contribution in [3.05, 3.63) is 22.8 Å². The number of nitrogens with zero attached hydrogens (tertiary/aromatic N) is 2. The lowest BCUT2D eigenvalue weighted by Crippen LogP contribution is -2.25. The van der Waals surface area contributed by atoms with Gasteiger partial charge in [-0.05, 0) is 57.3 Å². The molecular weight excluding hydrogens is 270 g/mol. The quantitative estimate of drug-likeness (QED) is 0.883. The van der Waals surface area contributed by atoms with Crippen molar-refractivity contribution >= 4 is 17.4 Å². The van der Waals surface area contributed by atoms with E-state index in [2.05, 4.69) is 29.0 Å². The lowest BCUT2D eigenvalue weighted by Gasteiger charge is -2.20. The molecule has 1 N–H and O–H groups in total. The van der Waals surface area contributed by atoms with Gasteiger partial charge in [-0.1, -0.05) is 24.9 Å². The summed E-state index contributed by atoms with van der Waals surface area (Å²) in [7, 11) is 0. The highest BCUT2D eigenvalue weighted by Crippen LogP contribution is 2.23. The Bertz CT molecular complexity index is 422. The Hall–Kier alpha value is -0.800. The molecular formula is C16H26ClN3. The molecule has 1 saturated heterocycles. The summed E-state index contributed by atoms with van der Waals surface area (Å²) in [5.41, 5.74) is 1.00. The fraction of sp³-hybridized carbons (Fsp3) is 0.688. The van der Waals surface area contributed by atoms with Gasteiger partial charge in [-0.3, -0.25) is 4.90 Å². The number of hydrogen-bond donors (Lipinski definition) is 1. The van der Waals surface area contributed by atoms with Crippen molar-refractivity contribution < 1.29 is 0 Å². The monoisotopic (exact) mass is 295 g/mol. The summed E-state index contributed by atoms with van der Waals surface area (Å²) in [4.78, 5) is 7.14. The maximum Gasteiger partial charge on any atom is 0.126 e. The van der Waals surface area contributed by atoms with Gasteiger partial charge in [0.05, 0.1) is 10.7 Å². The normalized spacial score (nSPS) is 20.6. The Balaban J connectivity index is 1.99. The summed E-state index contributed by atoms with van der Waals surface area (Å²) in [6, 6.07) is 3.90. The van der Waals surface area contributed by atoms with E-state index in [0.717, 1.165) is 35.5 Å². The molecule has 0 amide bonds. The van der Waals surface area contributed by atoms with Crippen molar-refractivity contribution in [1.82, 2.24) is 9.88 Å². The van der Waals surface area contributed by atoms with E-state index >= 15 is 0 Å². The molecule has 1 aliphatic heterocycles. The summed E-state index contributed by atoms with van der Waals surface area (Å²) in [6.07, 6.45) is 5.28. The summed E-state index contributed by atoms with van der Waals surface area (Å²) in [5, 5.41) is 4.03. The highest BCUT2D eigenvalue weighted by Gasteiger charge is 2.17.